The molecule has 1 spiro atoms. The third-order valence-electron chi connectivity index (χ3n) is 6.25. The number of piperidine rings is 1. The number of hydrogen-bond acceptors (Lipinski definition) is 4. The second-order valence-electron chi connectivity index (χ2n) is 7.69. The van der Waals surface area contributed by atoms with Crippen LogP contribution >= 0.6 is 11.6 Å². The van der Waals surface area contributed by atoms with E-state index in [9.17, 15) is 4.79 Å². The van der Waals surface area contributed by atoms with Gasteiger partial charge in [-0.3, -0.25) is 14.8 Å². The summed E-state index contributed by atoms with van der Waals surface area (Å²) in [6, 6.07) is 8.24. The Morgan fingerprint density at radius 3 is 2.64 bits per heavy atom. The number of hydrogen-bond donors (Lipinski definition) is 1. The highest BCUT2D eigenvalue weighted by atomic mass is 35.5. The lowest BCUT2D eigenvalue weighted by Crippen LogP contribution is -2.44. The molecule has 0 atom stereocenters. The van der Waals surface area contributed by atoms with Gasteiger partial charge in [0.05, 0.1) is 16.1 Å². The minimum absolute atomic E-state index is 0.193. The molecule has 5 nitrogen and oxygen atoms in total. The number of nitrogens with zero attached hydrogens (tertiary/aromatic N) is 3. The van der Waals surface area contributed by atoms with Gasteiger partial charge in [0, 0.05) is 55.4 Å². The van der Waals surface area contributed by atoms with E-state index in [2.05, 4.69) is 32.3 Å². The maximum absolute atomic E-state index is 12.3. The molecule has 1 aromatic carbocycles. The van der Waals surface area contributed by atoms with Crippen molar-refractivity contribution in [3.63, 3.8) is 0 Å². The summed E-state index contributed by atoms with van der Waals surface area (Å²) in [4.78, 5) is 23.2. The van der Waals surface area contributed by atoms with Gasteiger partial charge in [-0.05, 0) is 36.3 Å². The molecule has 1 amide bonds. The van der Waals surface area contributed by atoms with Crippen molar-refractivity contribution in [3.8, 4) is 11.1 Å². The lowest BCUT2D eigenvalue weighted by molar-refractivity contribution is -0.128. The van der Waals surface area contributed by atoms with Crippen LogP contribution in [0.2, 0.25) is 5.02 Å². The molecule has 0 aliphatic carbocycles. The summed E-state index contributed by atoms with van der Waals surface area (Å²) < 4.78 is 0. The Morgan fingerprint density at radius 1 is 1.00 bits per heavy atom. The first-order chi connectivity index (χ1) is 13.7. The number of benzene rings is 1. The molecule has 2 saturated heterocycles. The molecule has 2 aliphatic heterocycles. The van der Waals surface area contributed by atoms with E-state index < -0.39 is 0 Å². The quantitative estimate of drug-likeness (QED) is 0.714. The van der Waals surface area contributed by atoms with Crippen molar-refractivity contribution in [2.24, 2.45) is 5.41 Å². The van der Waals surface area contributed by atoms with Crippen LogP contribution in [-0.2, 0) is 4.79 Å². The standard InChI is InChI=1S/C22H21ClN4O/c23-19-14-25-13-18(17-3-1-2-15-12-24-8-4-16(15)17)20(19)27-10-6-22(7-11-27)5-9-26-21(22)28/h1-4,8,12-14H,5-7,9-11H2,(H,26,28). The summed E-state index contributed by atoms with van der Waals surface area (Å²) in [5, 5.41) is 5.87. The molecule has 6 heteroatoms. The van der Waals surface area contributed by atoms with Crippen molar-refractivity contribution in [3.05, 3.63) is 54.1 Å². The maximum Gasteiger partial charge on any atom is 0.226 e. The number of anilines is 1. The monoisotopic (exact) mass is 392 g/mol. The molecule has 2 fully saturated rings. The van der Waals surface area contributed by atoms with Crippen LogP contribution in [0.25, 0.3) is 21.9 Å². The first kappa shape index (κ1) is 17.4. The maximum atomic E-state index is 12.3. The molecule has 1 N–H and O–H groups in total. The first-order valence-corrected chi connectivity index (χ1v) is 10.1. The third kappa shape index (κ3) is 2.73. The van der Waals surface area contributed by atoms with Crippen molar-refractivity contribution >= 4 is 34.0 Å². The van der Waals surface area contributed by atoms with E-state index in [4.69, 9.17) is 11.6 Å². The molecule has 2 aliphatic rings. The molecule has 142 valence electrons. The second-order valence-corrected chi connectivity index (χ2v) is 8.10. The lowest BCUT2D eigenvalue weighted by atomic mass is 9.77. The average molecular weight is 393 g/mol. The average Bonchev–Trinajstić information content (AvgIpc) is 3.08. The zero-order valence-electron chi connectivity index (χ0n) is 15.5. The van der Waals surface area contributed by atoms with E-state index in [1.807, 2.05) is 30.7 Å². The van der Waals surface area contributed by atoms with Gasteiger partial charge in [-0.15, -0.1) is 0 Å². The van der Waals surface area contributed by atoms with Crippen molar-refractivity contribution in [2.45, 2.75) is 19.3 Å². The minimum Gasteiger partial charge on any atom is -0.370 e. The SMILES string of the molecule is O=C1NCCC12CCN(c1c(Cl)cncc1-c1cccc3cnccc13)CC2. The second kappa shape index (κ2) is 6.74. The van der Waals surface area contributed by atoms with Crippen molar-refractivity contribution in [2.75, 3.05) is 24.5 Å². The Morgan fingerprint density at radius 2 is 1.86 bits per heavy atom. The molecule has 4 heterocycles. The van der Waals surface area contributed by atoms with Gasteiger partial charge in [0.15, 0.2) is 0 Å². The Hall–Kier alpha value is -2.66. The molecule has 3 aromatic rings. The lowest BCUT2D eigenvalue weighted by Gasteiger charge is -2.39. The Labute approximate surface area is 168 Å². The van der Waals surface area contributed by atoms with Crippen LogP contribution in [0.1, 0.15) is 19.3 Å². The van der Waals surface area contributed by atoms with Crippen molar-refractivity contribution < 1.29 is 4.79 Å². The van der Waals surface area contributed by atoms with Crippen LogP contribution in [0.15, 0.2) is 49.1 Å². The summed E-state index contributed by atoms with van der Waals surface area (Å²) in [6.45, 7) is 2.43. The Balaban J connectivity index is 1.56. The highest BCUT2D eigenvalue weighted by Gasteiger charge is 2.44. The summed E-state index contributed by atoms with van der Waals surface area (Å²) in [7, 11) is 0. The van der Waals surface area contributed by atoms with E-state index >= 15 is 0 Å². The molecule has 0 unspecified atom stereocenters. The fourth-order valence-electron chi connectivity index (χ4n) is 4.66. The number of carbonyl (C=O) groups is 1. The molecule has 0 radical (unpaired) electrons. The predicted octanol–water partition coefficient (Wildman–Crippen LogP) is 4.06. The van der Waals surface area contributed by atoms with Gasteiger partial charge in [0.1, 0.15) is 0 Å². The molecule has 5 rings (SSSR count). The van der Waals surface area contributed by atoms with Crippen molar-refractivity contribution in [1.82, 2.24) is 15.3 Å². The van der Waals surface area contributed by atoms with Gasteiger partial charge in [0.25, 0.3) is 0 Å². The predicted molar refractivity (Wildman–Crippen MR) is 111 cm³/mol. The minimum atomic E-state index is -0.193. The first-order valence-electron chi connectivity index (χ1n) is 9.68. The van der Waals surface area contributed by atoms with E-state index in [1.165, 1.54) is 0 Å². The third-order valence-corrected chi connectivity index (χ3v) is 6.53. The van der Waals surface area contributed by atoms with E-state index in [0.717, 1.165) is 66.5 Å². The van der Waals surface area contributed by atoms with E-state index in [0.29, 0.717) is 5.02 Å². The summed E-state index contributed by atoms with van der Waals surface area (Å²) >= 11 is 6.65. The molecule has 28 heavy (non-hydrogen) atoms. The number of amides is 1. The van der Waals surface area contributed by atoms with Gasteiger partial charge in [0.2, 0.25) is 5.91 Å². The van der Waals surface area contributed by atoms with Gasteiger partial charge in [-0.25, -0.2) is 0 Å². The van der Waals surface area contributed by atoms with Crippen LogP contribution in [0, 0.1) is 5.41 Å². The van der Waals surface area contributed by atoms with Crippen molar-refractivity contribution in [1.29, 1.82) is 0 Å². The Kier molecular flexibility index (Phi) is 4.20. The molecular weight excluding hydrogens is 372 g/mol. The number of fused-ring (bicyclic) bond motifs is 1. The Bertz CT molecular complexity index is 1050. The zero-order valence-corrected chi connectivity index (χ0v) is 16.2. The molecular formula is C22H21ClN4O. The van der Waals surface area contributed by atoms with Gasteiger partial charge < -0.3 is 10.2 Å². The van der Waals surface area contributed by atoms with Crippen LogP contribution in [0.5, 0.6) is 0 Å². The smallest absolute Gasteiger partial charge is 0.226 e. The zero-order chi connectivity index (χ0) is 19.1. The largest absolute Gasteiger partial charge is 0.370 e. The van der Waals surface area contributed by atoms with Gasteiger partial charge in [-0.1, -0.05) is 29.8 Å². The fourth-order valence-corrected chi connectivity index (χ4v) is 4.93. The van der Waals surface area contributed by atoms with Crippen LogP contribution in [0.3, 0.4) is 0 Å². The highest BCUT2D eigenvalue weighted by Crippen LogP contribution is 2.44. The number of carbonyl (C=O) groups excluding carboxylic acids is 1. The van der Waals surface area contributed by atoms with Gasteiger partial charge >= 0.3 is 0 Å². The van der Waals surface area contributed by atoms with Crippen LogP contribution in [-0.4, -0.2) is 35.5 Å². The topological polar surface area (TPSA) is 58.1 Å². The molecule has 2 aromatic heterocycles. The molecule has 0 bridgehead atoms. The van der Waals surface area contributed by atoms with Gasteiger partial charge in [-0.2, -0.15) is 0 Å². The van der Waals surface area contributed by atoms with E-state index in [-0.39, 0.29) is 11.3 Å². The number of nitrogens with one attached hydrogen (secondary N) is 1. The summed E-state index contributed by atoms with van der Waals surface area (Å²) in [5.41, 5.74) is 2.94. The summed E-state index contributed by atoms with van der Waals surface area (Å²) in [6.07, 6.45) is 9.94. The highest BCUT2D eigenvalue weighted by molar-refractivity contribution is 6.34. The fraction of sp³-hybridized carbons (Fsp3) is 0.318. The number of halogens is 1. The number of aromatic nitrogens is 2. The summed E-state index contributed by atoms with van der Waals surface area (Å²) in [5.74, 6) is 0.217. The number of pyridine rings is 2. The number of rotatable bonds is 2. The van der Waals surface area contributed by atoms with Crippen LogP contribution in [0.4, 0.5) is 5.69 Å². The molecule has 0 saturated carbocycles. The van der Waals surface area contributed by atoms with E-state index in [1.54, 1.807) is 6.20 Å². The van der Waals surface area contributed by atoms with Crippen LogP contribution < -0.4 is 10.2 Å². The normalized spacial score (nSPS) is 18.6.